The van der Waals surface area contributed by atoms with E-state index in [1.54, 1.807) is 50.2 Å². The van der Waals surface area contributed by atoms with Gasteiger partial charge in [-0.2, -0.15) is 0 Å². The van der Waals surface area contributed by atoms with E-state index >= 15 is 0 Å². The lowest BCUT2D eigenvalue weighted by Gasteiger charge is -2.25. The number of carbonyl (C=O) groups excluding carboxylic acids is 1. The molecular formula is C20H22ClNO5. The third-order valence-corrected chi connectivity index (χ3v) is 3.97. The SMILES string of the molecule is CC(C)(Oc1ccc(Cl)cc1)C(=O)NCCc1ccc(OCC(=O)O)cc1. The molecular weight excluding hydrogens is 370 g/mol. The minimum Gasteiger partial charge on any atom is -0.482 e. The first-order valence-corrected chi connectivity index (χ1v) is 8.80. The summed E-state index contributed by atoms with van der Waals surface area (Å²) in [6.45, 7) is 3.47. The fourth-order valence-corrected chi connectivity index (χ4v) is 2.40. The Labute approximate surface area is 163 Å². The van der Waals surface area contributed by atoms with Crippen LogP contribution < -0.4 is 14.8 Å². The molecule has 0 spiro atoms. The quantitative estimate of drug-likeness (QED) is 0.685. The zero-order valence-corrected chi connectivity index (χ0v) is 16.0. The van der Waals surface area contributed by atoms with E-state index in [1.807, 2.05) is 12.1 Å². The molecule has 2 N–H and O–H groups in total. The van der Waals surface area contributed by atoms with Crippen LogP contribution in [0.3, 0.4) is 0 Å². The Hall–Kier alpha value is -2.73. The van der Waals surface area contributed by atoms with Crippen LogP contribution in [0.2, 0.25) is 5.02 Å². The molecule has 2 aromatic carbocycles. The second-order valence-corrected chi connectivity index (χ2v) is 6.83. The van der Waals surface area contributed by atoms with Crippen molar-refractivity contribution in [3.8, 4) is 11.5 Å². The van der Waals surface area contributed by atoms with Gasteiger partial charge in [0.25, 0.3) is 5.91 Å². The molecule has 0 heterocycles. The monoisotopic (exact) mass is 391 g/mol. The zero-order chi connectivity index (χ0) is 19.9. The zero-order valence-electron chi connectivity index (χ0n) is 15.2. The number of ether oxygens (including phenoxy) is 2. The summed E-state index contributed by atoms with van der Waals surface area (Å²) in [6, 6.07) is 13.9. The number of carboxylic acids is 1. The maximum Gasteiger partial charge on any atom is 0.341 e. The average Bonchev–Trinajstić information content (AvgIpc) is 2.62. The Balaban J connectivity index is 1.80. The van der Waals surface area contributed by atoms with E-state index in [0.717, 1.165) is 5.56 Å². The van der Waals surface area contributed by atoms with Gasteiger partial charge >= 0.3 is 5.97 Å². The molecule has 2 rings (SSSR count). The van der Waals surface area contributed by atoms with Crippen molar-refractivity contribution in [1.29, 1.82) is 0 Å². The van der Waals surface area contributed by atoms with Crippen LogP contribution in [0.1, 0.15) is 19.4 Å². The molecule has 0 radical (unpaired) electrons. The van der Waals surface area contributed by atoms with Crippen LogP contribution in [-0.2, 0) is 16.0 Å². The fourth-order valence-electron chi connectivity index (χ4n) is 2.27. The second kappa shape index (κ2) is 9.28. The Kier molecular flexibility index (Phi) is 7.07. The first kappa shape index (κ1) is 20.6. The van der Waals surface area contributed by atoms with E-state index < -0.39 is 11.6 Å². The van der Waals surface area contributed by atoms with Gasteiger partial charge < -0.3 is 19.9 Å². The smallest absolute Gasteiger partial charge is 0.341 e. The number of halogens is 1. The van der Waals surface area contributed by atoms with Crippen LogP contribution in [0.15, 0.2) is 48.5 Å². The van der Waals surface area contributed by atoms with Crippen molar-refractivity contribution >= 4 is 23.5 Å². The number of hydrogen-bond donors (Lipinski definition) is 2. The topological polar surface area (TPSA) is 84.9 Å². The molecule has 144 valence electrons. The van der Waals surface area contributed by atoms with E-state index in [9.17, 15) is 9.59 Å². The second-order valence-electron chi connectivity index (χ2n) is 6.40. The van der Waals surface area contributed by atoms with Gasteiger partial charge in [0.1, 0.15) is 11.5 Å². The molecule has 0 aromatic heterocycles. The highest BCUT2D eigenvalue weighted by molar-refractivity contribution is 6.30. The third kappa shape index (κ3) is 6.83. The summed E-state index contributed by atoms with van der Waals surface area (Å²) in [5.41, 5.74) is -0.0306. The molecule has 6 nitrogen and oxygen atoms in total. The van der Waals surface area contributed by atoms with Gasteiger partial charge in [-0.3, -0.25) is 4.79 Å². The number of amides is 1. The van der Waals surface area contributed by atoms with Crippen LogP contribution in [0.5, 0.6) is 11.5 Å². The first-order valence-electron chi connectivity index (χ1n) is 8.43. The number of aliphatic carboxylic acids is 1. The van der Waals surface area contributed by atoms with Crippen molar-refractivity contribution < 1.29 is 24.2 Å². The summed E-state index contributed by atoms with van der Waals surface area (Å²) in [7, 11) is 0. The molecule has 0 aliphatic heterocycles. The Bertz CT molecular complexity index is 772. The van der Waals surface area contributed by atoms with Gasteiger partial charge in [-0.1, -0.05) is 23.7 Å². The first-order chi connectivity index (χ1) is 12.8. The minimum atomic E-state index is -1.03. The summed E-state index contributed by atoms with van der Waals surface area (Å²) in [6.07, 6.45) is 0.627. The maximum atomic E-state index is 12.4. The van der Waals surface area contributed by atoms with Crippen molar-refractivity contribution in [2.24, 2.45) is 0 Å². The van der Waals surface area contributed by atoms with Gasteiger partial charge in [-0.15, -0.1) is 0 Å². The van der Waals surface area contributed by atoms with Crippen LogP contribution >= 0.6 is 11.6 Å². The predicted molar refractivity (Wildman–Crippen MR) is 102 cm³/mol. The molecule has 0 aliphatic rings. The van der Waals surface area contributed by atoms with Gasteiger partial charge in [0.2, 0.25) is 0 Å². The normalized spacial score (nSPS) is 10.9. The van der Waals surface area contributed by atoms with E-state index in [1.165, 1.54) is 0 Å². The summed E-state index contributed by atoms with van der Waals surface area (Å²) < 4.78 is 10.8. The van der Waals surface area contributed by atoms with Gasteiger partial charge in [-0.25, -0.2) is 4.79 Å². The van der Waals surface area contributed by atoms with Gasteiger partial charge in [0.15, 0.2) is 12.2 Å². The number of carboxylic acid groups (broad SMARTS) is 1. The lowest BCUT2D eigenvalue weighted by atomic mass is 10.1. The predicted octanol–water partition coefficient (Wildman–Crippen LogP) is 3.32. The maximum absolute atomic E-state index is 12.4. The molecule has 0 fully saturated rings. The van der Waals surface area contributed by atoms with Crippen LogP contribution in [-0.4, -0.2) is 35.7 Å². The molecule has 0 saturated heterocycles. The molecule has 0 unspecified atom stereocenters. The van der Waals surface area contributed by atoms with Gasteiger partial charge in [-0.05, 0) is 62.2 Å². The molecule has 27 heavy (non-hydrogen) atoms. The molecule has 2 aromatic rings. The highest BCUT2D eigenvalue weighted by Crippen LogP contribution is 2.21. The van der Waals surface area contributed by atoms with Crippen LogP contribution in [0.4, 0.5) is 0 Å². The average molecular weight is 392 g/mol. The van der Waals surface area contributed by atoms with Gasteiger partial charge in [0.05, 0.1) is 0 Å². The highest BCUT2D eigenvalue weighted by Gasteiger charge is 2.29. The highest BCUT2D eigenvalue weighted by atomic mass is 35.5. The lowest BCUT2D eigenvalue weighted by Crippen LogP contribution is -2.47. The molecule has 1 amide bonds. The molecule has 0 saturated carbocycles. The van der Waals surface area contributed by atoms with Crippen LogP contribution in [0.25, 0.3) is 0 Å². The van der Waals surface area contributed by atoms with Crippen molar-refractivity contribution in [3.05, 3.63) is 59.1 Å². The summed E-state index contributed by atoms with van der Waals surface area (Å²) in [4.78, 5) is 22.9. The summed E-state index contributed by atoms with van der Waals surface area (Å²) in [5, 5.41) is 12.0. The van der Waals surface area contributed by atoms with E-state index in [-0.39, 0.29) is 12.5 Å². The number of carbonyl (C=O) groups is 2. The van der Waals surface area contributed by atoms with Crippen molar-refractivity contribution in [3.63, 3.8) is 0 Å². The Morgan fingerprint density at radius 2 is 1.63 bits per heavy atom. The summed E-state index contributed by atoms with van der Waals surface area (Å²) >= 11 is 5.84. The Morgan fingerprint density at radius 1 is 1.04 bits per heavy atom. The van der Waals surface area contributed by atoms with Crippen LogP contribution in [0, 0.1) is 0 Å². The molecule has 0 atom stereocenters. The standard InChI is InChI=1S/C20H22ClNO5/c1-20(2,27-17-9-5-15(21)6-10-17)19(25)22-12-11-14-3-7-16(8-4-14)26-13-18(23)24/h3-10H,11-13H2,1-2H3,(H,22,25)(H,23,24). The minimum absolute atomic E-state index is 0.223. The van der Waals surface area contributed by atoms with Gasteiger partial charge in [0, 0.05) is 11.6 Å². The van der Waals surface area contributed by atoms with E-state index in [4.69, 9.17) is 26.2 Å². The molecule has 0 aliphatic carbocycles. The molecule has 0 bridgehead atoms. The van der Waals surface area contributed by atoms with Crippen molar-refractivity contribution in [2.45, 2.75) is 25.9 Å². The van der Waals surface area contributed by atoms with Crippen molar-refractivity contribution in [2.75, 3.05) is 13.2 Å². The number of benzene rings is 2. The van der Waals surface area contributed by atoms with E-state index in [2.05, 4.69) is 5.32 Å². The third-order valence-electron chi connectivity index (χ3n) is 3.72. The number of hydrogen-bond acceptors (Lipinski definition) is 4. The number of rotatable bonds is 9. The van der Waals surface area contributed by atoms with E-state index in [0.29, 0.717) is 29.5 Å². The molecule has 7 heteroatoms. The lowest BCUT2D eigenvalue weighted by molar-refractivity contribution is -0.139. The number of nitrogens with one attached hydrogen (secondary N) is 1. The largest absolute Gasteiger partial charge is 0.482 e. The summed E-state index contributed by atoms with van der Waals surface area (Å²) in [5.74, 6) is -0.191. The Morgan fingerprint density at radius 3 is 2.22 bits per heavy atom. The fraction of sp³-hybridized carbons (Fsp3) is 0.300. The van der Waals surface area contributed by atoms with Crippen molar-refractivity contribution in [1.82, 2.24) is 5.32 Å².